The molecular formula is C33H40N4O. The zero-order valence-electron chi connectivity index (χ0n) is 23.4. The smallest absolute Gasteiger partial charge is 0.195 e. The topological polar surface area (TPSA) is 63.1 Å². The van der Waals surface area contributed by atoms with Crippen LogP contribution in [0.5, 0.6) is 0 Å². The molecule has 3 aliphatic rings. The van der Waals surface area contributed by atoms with Crippen molar-refractivity contribution in [1.82, 2.24) is 9.88 Å². The molecule has 0 spiro atoms. The van der Waals surface area contributed by atoms with Gasteiger partial charge in [0.05, 0.1) is 17.2 Å². The van der Waals surface area contributed by atoms with Gasteiger partial charge in [-0.1, -0.05) is 46.1 Å². The van der Waals surface area contributed by atoms with E-state index in [9.17, 15) is 10.1 Å². The minimum atomic E-state index is -0.342. The summed E-state index contributed by atoms with van der Waals surface area (Å²) in [4.78, 5) is 22.8. The summed E-state index contributed by atoms with van der Waals surface area (Å²) in [5.74, 6) is 0.0966. The average Bonchev–Trinajstić information content (AvgIpc) is 3.36. The average molecular weight is 509 g/mol. The van der Waals surface area contributed by atoms with Crippen LogP contribution in [0.4, 0.5) is 5.69 Å². The largest absolute Gasteiger partial charge is 0.371 e. The molecule has 0 atom stereocenters. The van der Waals surface area contributed by atoms with Crippen molar-refractivity contribution < 1.29 is 4.79 Å². The molecule has 1 saturated carbocycles. The van der Waals surface area contributed by atoms with Gasteiger partial charge in [0, 0.05) is 58.4 Å². The lowest BCUT2D eigenvalue weighted by atomic mass is 9.70. The first kappa shape index (κ1) is 25.2. The van der Waals surface area contributed by atoms with Crippen LogP contribution in [-0.4, -0.2) is 47.9 Å². The summed E-state index contributed by atoms with van der Waals surface area (Å²) in [5, 5.41) is 10.3. The molecule has 198 valence electrons. The number of nitrogens with one attached hydrogen (secondary N) is 1. The van der Waals surface area contributed by atoms with Crippen LogP contribution < -0.4 is 4.90 Å². The second-order valence-corrected chi connectivity index (χ2v) is 12.3. The Hall–Kier alpha value is -3.10. The van der Waals surface area contributed by atoms with E-state index in [0.29, 0.717) is 11.6 Å². The molecule has 1 aromatic heterocycles. The fourth-order valence-electron chi connectivity index (χ4n) is 7.46. The van der Waals surface area contributed by atoms with E-state index in [0.717, 1.165) is 58.8 Å². The van der Waals surface area contributed by atoms with Crippen molar-refractivity contribution in [2.45, 2.75) is 89.6 Å². The fraction of sp³-hybridized carbons (Fsp3) is 0.515. The second-order valence-electron chi connectivity index (χ2n) is 12.3. The molecule has 5 heteroatoms. The Balaban J connectivity index is 1.32. The number of aryl methyl sites for hydroxylation is 1. The molecule has 0 unspecified atom stereocenters. The van der Waals surface area contributed by atoms with Crippen LogP contribution in [-0.2, 0) is 11.8 Å². The van der Waals surface area contributed by atoms with Crippen molar-refractivity contribution in [1.29, 1.82) is 5.26 Å². The number of fused-ring (bicyclic) bond motifs is 4. The number of nitrogens with zero attached hydrogens (tertiary/aromatic N) is 3. The maximum Gasteiger partial charge on any atom is 0.195 e. The van der Waals surface area contributed by atoms with Crippen molar-refractivity contribution in [3.05, 3.63) is 63.8 Å². The Morgan fingerprint density at radius 2 is 1.76 bits per heavy atom. The van der Waals surface area contributed by atoms with E-state index in [4.69, 9.17) is 0 Å². The molecule has 5 nitrogen and oxygen atoms in total. The Morgan fingerprint density at radius 3 is 2.45 bits per heavy atom. The quantitative estimate of drug-likeness (QED) is 0.426. The summed E-state index contributed by atoms with van der Waals surface area (Å²) in [6.07, 6.45) is 10.2. The number of carbonyl (C=O) groups is 1. The molecule has 0 amide bonds. The van der Waals surface area contributed by atoms with Crippen molar-refractivity contribution in [2.75, 3.05) is 25.0 Å². The van der Waals surface area contributed by atoms with Gasteiger partial charge in [0.15, 0.2) is 5.78 Å². The molecule has 38 heavy (non-hydrogen) atoms. The van der Waals surface area contributed by atoms with E-state index >= 15 is 0 Å². The lowest BCUT2D eigenvalue weighted by molar-refractivity contribution is 0.103. The normalized spacial score (nSPS) is 20.0. The van der Waals surface area contributed by atoms with Gasteiger partial charge >= 0.3 is 0 Å². The summed E-state index contributed by atoms with van der Waals surface area (Å²) in [5.41, 5.74) is 7.36. The summed E-state index contributed by atoms with van der Waals surface area (Å²) < 4.78 is 0. The van der Waals surface area contributed by atoms with Crippen LogP contribution in [0.3, 0.4) is 0 Å². The molecule has 1 aliphatic heterocycles. The number of hydrogen-bond donors (Lipinski definition) is 1. The number of nitriles is 1. The molecular weight excluding hydrogens is 468 g/mol. The SMILES string of the molecule is CCc1cc2c(cc1N1CCC(N(C)C3CCCCC3)CC1)C(C)(C)c1[nH]c3cc(C#N)ccc3c1C2=O. The van der Waals surface area contributed by atoms with Crippen LogP contribution in [0.15, 0.2) is 30.3 Å². The Kier molecular flexibility index (Phi) is 6.35. The number of anilines is 1. The first-order valence-electron chi connectivity index (χ1n) is 14.6. The van der Waals surface area contributed by atoms with Crippen molar-refractivity contribution in [3.8, 4) is 6.07 Å². The van der Waals surface area contributed by atoms with Gasteiger partial charge in [0.2, 0.25) is 0 Å². The molecule has 6 rings (SSSR count). The number of carbonyl (C=O) groups excluding carboxylic acids is 1. The number of hydrogen-bond acceptors (Lipinski definition) is 4. The number of H-pyrrole nitrogens is 1. The van der Waals surface area contributed by atoms with Crippen molar-refractivity contribution in [3.63, 3.8) is 0 Å². The lowest BCUT2D eigenvalue weighted by Crippen LogP contribution is -2.48. The molecule has 1 N–H and O–H groups in total. The number of ketones is 1. The number of rotatable bonds is 4. The third-order valence-corrected chi connectivity index (χ3v) is 9.83. The van der Waals surface area contributed by atoms with Gasteiger partial charge in [-0.15, -0.1) is 0 Å². The third kappa shape index (κ3) is 3.96. The molecule has 2 heterocycles. The highest BCUT2D eigenvalue weighted by molar-refractivity contribution is 6.20. The zero-order valence-corrected chi connectivity index (χ0v) is 23.4. The van der Waals surface area contributed by atoms with Crippen LogP contribution in [0.1, 0.15) is 104 Å². The summed E-state index contributed by atoms with van der Waals surface area (Å²) in [7, 11) is 2.36. The molecule has 0 radical (unpaired) electrons. The summed E-state index contributed by atoms with van der Waals surface area (Å²) in [6.45, 7) is 8.78. The maximum absolute atomic E-state index is 13.9. The van der Waals surface area contributed by atoms with Crippen LogP contribution in [0, 0.1) is 11.3 Å². The van der Waals surface area contributed by atoms with Gasteiger partial charge in [-0.2, -0.15) is 5.26 Å². The van der Waals surface area contributed by atoms with Gasteiger partial charge in [-0.25, -0.2) is 0 Å². The van der Waals surface area contributed by atoms with Crippen LogP contribution in [0.2, 0.25) is 0 Å². The molecule has 3 aromatic rings. The molecule has 2 fully saturated rings. The number of piperidine rings is 1. The predicted molar refractivity (Wildman–Crippen MR) is 154 cm³/mol. The highest BCUT2D eigenvalue weighted by atomic mass is 16.1. The van der Waals surface area contributed by atoms with Crippen LogP contribution >= 0.6 is 0 Å². The number of aromatic nitrogens is 1. The van der Waals surface area contributed by atoms with E-state index in [1.165, 1.54) is 56.2 Å². The second kappa shape index (κ2) is 9.58. The molecule has 1 saturated heterocycles. The highest BCUT2D eigenvalue weighted by Crippen LogP contribution is 2.46. The zero-order chi connectivity index (χ0) is 26.6. The number of aromatic amines is 1. The Labute approximate surface area is 226 Å². The molecule has 2 aromatic carbocycles. The Morgan fingerprint density at radius 1 is 1.05 bits per heavy atom. The van der Waals surface area contributed by atoms with E-state index in [1.807, 2.05) is 18.2 Å². The highest BCUT2D eigenvalue weighted by Gasteiger charge is 2.41. The van der Waals surface area contributed by atoms with Gasteiger partial charge in [0.1, 0.15) is 0 Å². The Bertz CT molecular complexity index is 1430. The van der Waals surface area contributed by atoms with Gasteiger partial charge in [-0.05, 0) is 74.5 Å². The van der Waals surface area contributed by atoms with E-state index in [-0.39, 0.29) is 11.2 Å². The van der Waals surface area contributed by atoms with Gasteiger partial charge in [0.25, 0.3) is 0 Å². The lowest BCUT2D eigenvalue weighted by Gasteiger charge is -2.43. The predicted octanol–water partition coefficient (Wildman–Crippen LogP) is 6.71. The van der Waals surface area contributed by atoms with Crippen LogP contribution in [0.25, 0.3) is 10.9 Å². The summed E-state index contributed by atoms with van der Waals surface area (Å²) in [6, 6.07) is 13.7. The number of benzene rings is 2. The molecule has 2 aliphatic carbocycles. The maximum atomic E-state index is 13.9. The minimum Gasteiger partial charge on any atom is -0.371 e. The standard InChI is InChI=1S/C33H40N4O/c1-5-22-18-26-27(19-29(22)37-15-13-24(14-16-37)36(4)23-9-7-6-8-10-23)33(2,3)32-30(31(26)38)25-12-11-21(20-34)17-28(25)35-32/h11-12,17-19,23-24,35H,5-10,13-16H2,1-4H3. The monoisotopic (exact) mass is 508 g/mol. The third-order valence-electron chi connectivity index (χ3n) is 9.83. The summed E-state index contributed by atoms with van der Waals surface area (Å²) >= 11 is 0. The van der Waals surface area contributed by atoms with Crippen molar-refractivity contribution >= 4 is 22.4 Å². The van der Waals surface area contributed by atoms with Crippen molar-refractivity contribution in [2.24, 2.45) is 0 Å². The van der Waals surface area contributed by atoms with Gasteiger partial charge in [-0.3, -0.25) is 4.79 Å². The van der Waals surface area contributed by atoms with E-state index in [1.54, 1.807) is 0 Å². The first-order valence-corrected chi connectivity index (χ1v) is 14.6. The molecule has 0 bridgehead atoms. The van der Waals surface area contributed by atoms with E-state index in [2.05, 4.69) is 60.8 Å². The van der Waals surface area contributed by atoms with E-state index < -0.39 is 0 Å². The fourth-order valence-corrected chi connectivity index (χ4v) is 7.46. The first-order chi connectivity index (χ1) is 18.3. The van der Waals surface area contributed by atoms with Gasteiger partial charge < -0.3 is 14.8 Å². The minimum absolute atomic E-state index is 0.0966.